The molecule has 0 bridgehead atoms. The molecule has 29 heavy (non-hydrogen) atoms. The van der Waals surface area contributed by atoms with Gasteiger partial charge in [-0.1, -0.05) is 24.3 Å². The second kappa shape index (κ2) is 10.0. The van der Waals surface area contributed by atoms with Crippen molar-refractivity contribution in [3.05, 3.63) is 59.9 Å². The van der Waals surface area contributed by atoms with Crippen molar-refractivity contribution < 1.29 is 14.3 Å². The van der Waals surface area contributed by atoms with Crippen LogP contribution in [0.25, 0.3) is 0 Å². The highest BCUT2D eigenvalue weighted by Gasteiger charge is 2.32. The van der Waals surface area contributed by atoms with E-state index in [9.17, 15) is 9.59 Å². The molecule has 1 aromatic carbocycles. The average molecular weight is 396 g/mol. The van der Waals surface area contributed by atoms with Crippen LogP contribution in [0.3, 0.4) is 0 Å². The molecule has 2 amide bonds. The zero-order valence-corrected chi connectivity index (χ0v) is 17.0. The zero-order chi connectivity index (χ0) is 20.6. The summed E-state index contributed by atoms with van der Waals surface area (Å²) in [6.07, 6.45) is 3.59. The molecule has 0 radical (unpaired) electrons. The van der Waals surface area contributed by atoms with Crippen molar-refractivity contribution in [1.82, 2.24) is 20.1 Å². The number of rotatable bonds is 8. The number of para-hydroxylation sites is 1. The van der Waals surface area contributed by atoms with Gasteiger partial charge in [0.1, 0.15) is 5.75 Å². The molecular weight excluding hydrogens is 368 g/mol. The fraction of sp³-hybridized carbons (Fsp3) is 0.409. The number of pyridine rings is 1. The van der Waals surface area contributed by atoms with Crippen LogP contribution in [0.1, 0.15) is 24.5 Å². The maximum absolute atomic E-state index is 12.8. The Labute approximate surface area is 171 Å². The maximum Gasteiger partial charge on any atom is 0.237 e. The molecule has 1 saturated heterocycles. The Morgan fingerprint density at radius 1 is 1.31 bits per heavy atom. The number of carbonyl (C=O) groups is 2. The lowest BCUT2D eigenvalue weighted by Gasteiger charge is -2.35. The van der Waals surface area contributed by atoms with E-state index in [0.29, 0.717) is 32.8 Å². The van der Waals surface area contributed by atoms with Crippen LogP contribution < -0.4 is 10.1 Å². The number of piperazine rings is 1. The van der Waals surface area contributed by atoms with Crippen molar-refractivity contribution in [2.75, 3.05) is 26.7 Å². The quantitative estimate of drug-likeness (QED) is 0.737. The number of carbonyl (C=O) groups excluding carboxylic acids is 2. The number of ether oxygens (including phenoxy) is 1. The van der Waals surface area contributed by atoms with Crippen molar-refractivity contribution in [3.8, 4) is 5.75 Å². The summed E-state index contributed by atoms with van der Waals surface area (Å²) in [6.45, 7) is 4.83. The number of amides is 2. The summed E-state index contributed by atoms with van der Waals surface area (Å²) < 4.78 is 5.72. The van der Waals surface area contributed by atoms with Gasteiger partial charge in [0.2, 0.25) is 11.8 Å². The smallest absolute Gasteiger partial charge is 0.237 e. The number of hydrogen-bond donors (Lipinski definition) is 1. The van der Waals surface area contributed by atoms with E-state index in [1.54, 1.807) is 24.3 Å². The highest BCUT2D eigenvalue weighted by Crippen LogP contribution is 2.22. The largest absolute Gasteiger partial charge is 0.494 e. The Balaban J connectivity index is 1.68. The van der Waals surface area contributed by atoms with Crippen LogP contribution in [0, 0.1) is 0 Å². The molecule has 2 aromatic rings. The van der Waals surface area contributed by atoms with Crippen LogP contribution in [-0.4, -0.2) is 59.4 Å². The Hall–Kier alpha value is -2.93. The summed E-state index contributed by atoms with van der Waals surface area (Å²) in [7, 11) is 1.75. The molecule has 154 valence electrons. The van der Waals surface area contributed by atoms with Crippen molar-refractivity contribution in [1.29, 1.82) is 0 Å². The van der Waals surface area contributed by atoms with E-state index in [-0.39, 0.29) is 18.2 Å². The second-order valence-electron chi connectivity index (χ2n) is 7.13. The molecule has 3 rings (SSSR count). The fourth-order valence-corrected chi connectivity index (χ4v) is 3.50. The number of benzene rings is 1. The van der Waals surface area contributed by atoms with Gasteiger partial charge in [0.25, 0.3) is 0 Å². The first-order valence-electron chi connectivity index (χ1n) is 9.93. The first kappa shape index (κ1) is 20.8. The maximum atomic E-state index is 12.8. The van der Waals surface area contributed by atoms with Crippen molar-refractivity contribution >= 4 is 11.8 Å². The molecule has 7 heteroatoms. The number of aromatic nitrogens is 1. The molecule has 0 aliphatic carbocycles. The van der Waals surface area contributed by atoms with E-state index < -0.39 is 6.04 Å². The molecule has 1 aromatic heterocycles. The third kappa shape index (κ3) is 5.54. The van der Waals surface area contributed by atoms with Gasteiger partial charge in [-0.25, -0.2) is 0 Å². The van der Waals surface area contributed by atoms with E-state index in [1.807, 2.05) is 43.3 Å². The van der Waals surface area contributed by atoms with Gasteiger partial charge in [0.15, 0.2) is 0 Å². The van der Waals surface area contributed by atoms with Crippen LogP contribution in [0.4, 0.5) is 0 Å². The first-order chi connectivity index (χ1) is 14.1. The van der Waals surface area contributed by atoms with Crippen LogP contribution in [0.5, 0.6) is 5.75 Å². The minimum atomic E-state index is -0.498. The molecule has 1 N–H and O–H groups in total. The van der Waals surface area contributed by atoms with Gasteiger partial charge in [0, 0.05) is 51.2 Å². The fourth-order valence-electron chi connectivity index (χ4n) is 3.50. The standard InChI is InChI=1S/C22H28N4O3/c1-3-29-20-9-5-4-8-18(20)16-26-12-11-24-22(28)19(26)13-21(27)25(2)15-17-7-6-10-23-14-17/h4-10,14,19H,3,11-13,15-16H2,1-2H3,(H,24,28)/t19-/m1/s1. The molecule has 0 saturated carbocycles. The van der Waals surface area contributed by atoms with E-state index in [0.717, 1.165) is 16.9 Å². The van der Waals surface area contributed by atoms with E-state index in [2.05, 4.69) is 15.2 Å². The Morgan fingerprint density at radius 2 is 2.14 bits per heavy atom. The minimum absolute atomic E-state index is 0.0704. The third-order valence-corrected chi connectivity index (χ3v) is 5.02. The molecule has 0 spiro atoms. The summed E-state index contributed by atoms with van der Waals surface area (Å²) in [6, 6.07) is 11.1. The molecule has 1 atom stereocenters. The van der Waals surface area contributed by atoms with E-state index >= 15 is 0 Å². The van der Waals surface area contributed by atoms with Crippen molar-refractivity contribution in [3.63, 3.8) is 0 Å². The lowest BCUT2D eigenvalue weighted by atomic mass is 10.1. The highest BCUT2D eigenvalue weighted by atomic mass is 16.5. The van der Waals surface area contributed by atoms with Gasteiger partial charge in [-0.15, -0.1) is 0 Å². The summed E-state index contributed by atoms with van der Waals surface area (Å²) >= 11 is 0. The SMILES string of the molecule is CCOc1ccccc1CN1CCNC(=O)[C@H]1CC(=O)N(C)Cc1cccnc1. The summed E-state index contributed by atoms with van der Waals surface area (Å²) in [4.78, 5) is 33.2. The van der Waals surface area contributed by atoms with Crippen LogP contribution in [-0.2, 0) is 22.7 Å². The van der Waals surface area contributed by atoms with Gasteiger partial charge < -0.3 is 15.0 Å². The Bertz CT molecular complexity index is 828. The van der Waals surface area contributed by atoms with Crippen LogP contribution >= 0.6 is 0 Å². The molecule has 2 heterocycles. The van der Waals surface area contributed by atoms with Gasteiger partial charge in [-0.2, -0.15) is 0 Å². The Morgan fingerprint density at radius 3 is 2.90 bits per heavy atom. The summed E-state index contributed by atoms with van der Waals surface area (Å²) in [5, 5.41) is 2.89. The van der Waals surface area contributed by atoms with Crippen LogP contribution in [0.2, 0.25) is 0 Å². The van der Waals surface area contributed by atoms with Crippen LogP contribution in [0.15, 0.2) is 48.8 Å². The molecule has 1 aliphatic rings. The lowest BCUT2D eigenvalue weighted by Crippen LogP contribution is -2.56. The normalized spacial score (nSPS) is 16.9. The van der Waals surface area contributed by atoms with E-state index in [1.165, 1.54) is 0 Å². The molecule has 1 aliphatic heterocycles. The summed E-state index contributed by atoms with van der Waals surface area (Å²) in [5.74, 6) is 0.645. The van der Waals surface area contributed by atoms with E-state index in [4.69, 9.17) is 4.74 Å². The predicted molar refractivity (Wildman–Crippen MR) is 110 cm³/mol. The lowest BCUT2D eigenvalue weighted by molar-refractivity contribution is -0.138. The van der Waals surface area contributed by atoms with Gasteiger partial charge >= 0.3 is 0 Å². The predicted octanol–water partition coefficient (Wildman–Crippen LogP) is 1.83. The van der Waals surface area contributed by atoms with Gasteiger partial charge in [0.05, 0.1) is 19.1 Å². The second-order valence-corrected chi connectivity index (χ2v) is 7.13. The average Bonchev–Trinajstić information content (AvgIpc) is 2.72. The number of hydrogen-bond acceptors (Lipinski definition) is 5. The minimum Gasteiger partial charge on any atom is -0.494 e. The van der Waals surface area contributed by atoms with Gasteiger partial charge in [-0.3, -0.25) is 19.5 Å². The topological polar surface area (TPSA) is 74.8 Å². The first-order valence-corrected chi connectivity index (χ1v) is 9.93. The van der Waals surface area contributed by atoms with Gasteiger partial charge in [-0.05, 0) is 24.6 Å². The number of nitrogens with one attached hydrogen (secondary N) is 1. The number of nitrogens with zero attached hydrogens (tertiary/aromatic N) is 3. The Kier molecular flexibility index (Phi) is 7.19. The zero-order valence-electron chi connectivity index (χ0n) is 17.0. The molecule has 0 unspecified atom stereocenters. The molecule has 1 fully saturated rings. The third-order valence-electron chi connectivity index (χ3n) is 5.02. The van der Waals surface area contributed by atoms with Crippen molar-refractivity contribution in [2.45, 2.75) is 32.5 Å². The highest BCUT2D eigenvalue weighted by molar-refractivity contribution is 5.88. The molecule has 7 nitrogen and oxygen atoms in total. The molecular formula is C22H28N4O3. The monoisotopic (exact) mass is 396 g/mol. The van der Waals surface area contributed by atoms with Crippen molar-refractivity contribution in [2.24, 2.45) is 0 Å². The summed E-state index contributed by atoms with van der Waals surface area (Å²) in [5.41, 5.74) is 1.98.